The Morgan fingerprint density at radius 1 is 1.37 bits per heavy atom. The minimum Gasteiger partial charge on any atom is -0.480 e. The summed E-state index contributed by atoms with van der Waals surface area (Å²) >= 11 is 1.47. The first-order valence-electron chi connectivity index (χ1n) is 6.18. The highest BCUT2D eigenvalue weighted by Crippen LogP contribution is 2.05. The lowest BCUT2D eigenvalue weighted by Gasteiger charge is -2.13. The molecule has 0 aromatic rings. The van der Waals surface area contributed by atoms with Gasteiger partial charge in [-0.05, 0) is 18.6 Å². The van der Waals surface area contributed by atoms with Gasteiger partial charge in [0.05, 0.1) is 12.9 Å². The molecule has 1 atom stereocenters. The molecule has 19 heavy (non-hydrogen) atoms. The molecular formula is C12H21NO5S. The molecule has 0 saturated carbocycles. The largest absolute Gasteiger partial charge is 0.480 e. The fourth-order valence-electron chi connectivity index (χ4n) is 1.27. The summed E-state index contributed by atoms with van der Waals surface area (Å²) in [6, 6.07) is -1.04. The summed E-state index contributed by atoms with van der Waals surface area (Å²) in [5, 5.41) is 11.3. The van der Waals surface area contributed by atoms with Crippen molar-refractivity contribution in [2.45, 2.75) is 38.6 Å². The Bertz CT molecular complexity index is 308. The van der Waals surface area contributed by atoms with Gasteiger partial charge in [0.15, 0.2) is 0 Å². The molecule has 0 radical (unpaired) electrons. The van der Waals surface area contributed by atoms with Crippen LogP contribution in [0.1, 0.15) is 32.6 Å². The summed E-state index contributed by atoms with van der Waals surface area (Å²) in [7, 11) is 1.24. The van der Waals surface area contributed by atoms with Crippen molar-refractivity contribution in [1.82, 2.24) is 5.32 Å². The van der Waals surface area contributed by atoms with E-state index in [-0.39, 0.29) is 24.5 Å². The first-order chi connectivity index (χ1) is 9.01. The van der Waals surface area contributed by atoms with Crippen LogP contribution in [0.2, 0.25) is 0 Å². The van der Waals surface area contributed by atoms with Crippen molar-refractivity contribution >= 4 is 29.6 Å². The average Bonchev–Trinajstić information content (AvgIpc) is 2.38. The molecule has 0 bridgehead atoms. The van der Waals surface area contributed by atoms with Gasteiger partial charge in [0.2, 0.25) is 5.91 Å². The van der Waals surface area contributed by atoms with Crippen LogP contribution in [-0.2, 0) is 19.1 Å². The van der Waals surface area contributed by atoms with Crippen LogP contribution in [0, 0.1) is 0 Å². The van der Waals surface area contributed by atoms with Gasteiger partial charge in [-0.25, -0.2) is 4.79 Å². The number of esters is 1. The molecule has 0 heterocycles. The van der Waals surface area contributed by atoms with E-state index >= 15 is 0 Å². The predicted octanol–water partition coefficient (Wildman–Crippen LogP) is 1.04. The second-order valence-electron chi connectivity index (χ2n) is 3.98. The number of nitrogens with one attached hydrogen (secondary N) is 1. The van der Waals surface area contributed by atoms with Crippen LogP contribution in [0.4, 0.5) is 0 Å². The standard InChI is InChI=1S/C12H21NO5S/c1-3-4-7-19-8-10(14)13-9(12(16)17)5-6-11(15)18-2/h9H,3-8H2,1-2H3,(H,13,14)(H,16,17)/t9-/m0/s1. The number of carbonyl (C=O) groups is 3. The van der Waals surface area contributed by atoms with Crippen molar-refractivity contribution in [3.63, 3.8) is 0 Å². The molecule has 0 aliphatic rings. The summed E-state index contributed by atoms with van der Waals surface area (Å²) < 4.78 is 4.43. The number of unbranched alkanes of at least 4 members (excludes halogenated alkanes) is 1. The molecule has 0 aliphatic heterocycles. The van der Waals surface area contributed by atoms with Gasteiger partial charge < -0.3 is 15.2 Å². The maximum absolute atomic E-state index is 11.5. The molecule has 1 amide bonds. The van der Waals surface area contributed by atoms with Gasteiger partial charge in [0, 0.05) is 6.42 Å². The van der Waals surface area contributed by atoms with E-state index in [9.17, 15) is 14.4 Å². The molecule has 0 saturated heterocycles. The Kier molecular flexibility index (Phi) is 9.97. The molecule has 7 heteroatoms. The van der Waals surface area contributed by atoms with Crippen molar-refractivity contribution in [3.05, 3.63) is 0 Å². The van der Waals surface area contributed by atoms with Crippen molar-refractivity contribution in [2.75, 3.05) is 18.6 Å². The number of aliphatic carboxylic acids is 1. The number of carboxylic acids is 1. The number of methoxy groups -OCH3 is 1. The zero-order valence-electron chi connectivity index (χ0n) is 11.3. The summed E-state index contributed by atoms with van der Waals surface area (Å²) in [6.07, 6.45) is 2.10. The van der Waals surface area contributed by atoms with Gasteiger partial charge in [0.25, 0.3) is 0 Å². The molecule has 0 unspecified atom stereocenters. The van der Waals surface area contributed by atoms with Gasteiger partial charge in [0.1, 0.15) is 6.04 Å². The molecule has 110 valence electrons. The normalized spacial score (nSPS) is 11.7. The Labute approximate surface area is 117 Å². The number of carboxylic acid groups (broad SMARTS) is 1. The van der Waals surface area contributed by atoms with Crippen molar-refractivity contribution in [1.29, 1.82) is 0 Å². The van der Waals surface area contributed by atoms with Crippen LogP contribution in [0.3, 0.4) is 0 Å². The van der Waals surface area contributed by atoms with Gasteiger partial charge in [-0.15, -0.1) is 0 Å². The summed E-state index contributed by atoms with van der Waals surface area (Å²) in [6.45, 7) is 2.06. The third-order valence-corrected chi connectivity index (χ3v) is 3.42. The van der Waals surface area contributed by atoms with E-state index in [4.69, 9.17) is 5.11 Å². The molecular weight excluding hydrogens is 270 g/mol. The first kappa shape index (κ1) is 17.8. The Morgan fingerprint density at radius 2 is 2.05 bits per heavy atom. The molecule has 0 fully saturated rings. The number of thioether (sulfide) groups is 1. The van der Waals surface area contributed by atoms with E-state index in [0.29, 0.717) is 0 Å². The lowest BCUT2D eigenvalue weighted by molar-refractivity contribution is -0.143. The van der Waals surface area contributed by atoms with Crippen molar-refractivity contribution in [2.24, 2.45) is 0 Å². The molecule has 2 N–H and O–H groups in total. The second kappa shape index (κ2) is 10.7. The lowest BCUT2D eigenvalue weighted by Crippen LogP contribution is -2.42. The maximum Gasteiger partial charge on any atom is 0.326 e. The predicted molar refractivity (Wildman–Crippen MR) is 73.0 cm³/mol. The zero-order chi connectivity index (χ0) is 14.7. The van der Waals surface area contributed by atoms with Crippen LogP contribution in [0.25, 0.3) is 0 Å². The second-order valence-corrected chi connectivity index (χ2v) is 5.08. The Morgan fingerprint density at radius 3 is 2.58 bits per heavy atom. The van der Waals surface area contributed by atoms with Gasteiger partial charge in [-0.2, -0.15) is 11.8 Å². The molecule has 6 nitrogen and oxygen atoms in total. The van der Waals surface area contributed by atoms with E-state index < -0.39 is 18.0 Å². The number of rotatable bonds is 10. The summed E-state index contributed by atoms with van der Waals surface area (Å²) in [5.74, 6) is -0.835. The number of hydrogen-bond acceptors (Lipinski definition) is 5. The third kappa shape index (κ3) is 9.35. The van der Waals surface area contributed by atoms with Gasteiger partial charge in [-0.1, -0.05) is 13.3 Å². The molecule has 0 aliphatic carbocycles. The first-order valence-corrected chi connectivity index (χ1v) is 7.33. The minimum absolute atomic E-state index is 0.0310. The van der Waals surface area contributed by atoms with E-state index in [1.807, 2.05) is 0 Å². The van der Waals surface area contributed by atoms with Crippen LogP contribution in [-0.4, -0.2) is 47.6 Å². The van der Waals surface area contributed by atoms with Crippen molar-refractivity contribution < 1.29 is 24.2 Å². The fraction of sp³-hybridized carbons (Fsp3) is 0.750. The smallest absolute Gasteiger partial charge is 0.326 e. The highest BCUT2D eigenvalue weighted by atomic mass is 32.2. The van der Waals surface area contributed by atoms with E-state index in [0.717, 1.165) is 18.6 Å². The van der Waals surface area contributed by atoms with Crippen LogP contribution < -0.4 is 5.32 Å². The van der Waals surface area contributed by atoms with Crippen LogP contribution >= 0.6 is 11.8 Å². The summed E-state index contributed by atoms with van der Waals surface area (Å²) in [5.41, 5.74) is 0. The van der Waals surface area contributed by atoms with Gasteiger partial charge >= 0.3 is 11.9 Å². The molecule has 0 aromatic carbocycles. The number of ether oxygens (including phenoxy) is 1. The fourth-order valence-corrected chi connectivity index (χ4v) is 2.17. The average molecular weight is 291 g/mol. The molecule has 0 rings (SSSR count). The topological polar surface area (TPSA) is 92.7 Å². The van der Waals surface area contributed by atoms with E-state index in [2.05, 4.69) is 17.0 Å². The SMILES string of the molecule is CCCCSCC(=O)N[C@@H](CCC(=O)OC)C(=O)O. The monoisotopic (exact) mass is 291 g/mol. The lowest BCUT2D eigenvalue weighted by atomic mass is 10.1. The number of amides is 1. The van der Waals surface area contributed by atoms with Crippen molar-refractivity contribution in [3.8, 4) is 0 Å². The number of carbonyl (C=O) groups excluding carboxylic acids is 2. The summed E-state index contributed by atoms with van der Waals surface area (Å²) in [4.78, 5) is 33.4. The highest BCUT2D eigenvalue weighted by Gasteiger charge is 2.20. The van der Waals surface area contributed by atoms with Gasteiger partial charge in [-0.3, -0.25) is 9.59 Å². The highest BCUT2D eigenvalue weighted by molar-refractivity contribution is 7.99. The zero-order valence-corrected chi connectivity index (χ0v) is 12.1. The third-order valence-electron chi connectivity index (χ3n) is 2.37. The number of hydrogen-bond donors (Lipinski definition) is 2. The van der Waals surface area contributed by atoms with Crippen LogP contribution in [0.15, 0.2) is 0 Å². The maximum atomic E-state index is 11.5. The molecule has 0 aromatic heterocycles. The van der Waals surface area contributed by atoms with Crippen LogP contribution in [0.5, 0.6) is 0 Å². The van der Waals surface area contributed by atoms with E-state index in [1.54, 1.807) is 0 Å². The minimum atomic E-state index is -1.14. The Hall–Kier alpha value is -1.24. The molecule has 0 spiro atoms. The Balaban J connectivity index is 4.01. The van der Waals surface area contributed by atoms with E-state index in [1.165, 1.54) is 18.9 Å². The quantitative estimate of drug-likeness (QED) is 0.461.